The van der Waals surface area contributed by atoms with Crippen molar-refractivity contribution in [2.24, 2.45) is 5.73 Å². The largest absolute Gasteiger partial charge is 0.496 e. The Bertz CT molecular complexity index is 651. The van der Waals surface area contributed by atoms with Gasteiger partial charge in [-0.1, -0.05) is 29.3 Å². The second-order valence-electron chi connectivity index (χ2n) is 4.13. The third-order valence-corrected chi connectivity index (χ3v) is 4.42. The third-order valence-electron chi connectivity index (χ3n) is 2.93. The van der Waals surface area contributed by atoms with Gasteiger partial charge in [-0.05, 0) is 40.2 Å². The quantitative estimate of drug-likeness (QED) is 0.766. The molecule has 0 radical (unpaired) electrons. The second-order valence-corrected chi connectivity index (χ2v) is 5.80. The van der Waals surface area contributed by atoms with Crippen molar-refractivity contribution in [3.8, 4) is 5.75 Å². The van der Waals surface area contributed by atoms with Crippen LogP contribution in [0.1, 0.15) is 17.2 Å². The fourth-order valence-electron chi connectivity index (χ4n) is 1.90. The summed E-state index contributed by atoms with van der Waals surface area (Å²) < 4.78 is 19.9. The van der Waals surface area contributed by atoms with E-state index in [-0.39, 0.29) is 10.6 Å². The van der Waals surface area contributed by atoms with Crippen molar-refractivity contribution < 1.29 is 9.13 Å². The van der Waals surface area contributed by atoms with E-state index in [1.807, 2.05) is 0 Å². The fourth-order valence-corrected chi connectivity index (χ4v) is 2.56. The van der Waals surface area contributed by atoms with E-state index in [1.165, 1.54) is 7.11 Å². The molecule has 106 valence electrons. The summed E-state index contributed by atoms with van der Waals surface area (Å²) in [5.41, 5.74) is 7.00. The molecule has 1 unspecified atom stereocenters. The van der Waals surface area contributed by atoms with Crippen molar-refractivity contribution in [2.45, 2.75) is 6.04 Å². The lowest BCUT2D eigenvalue weighted by molar-refractivity contribution is 0.407. The highest BCUT2D eigenvalue weighted by atomic mass is 79.9. The average molecular weight is 379 g/mol. The summed E-state index contributed by atoms with van der Waals surface area (Å²) in [6.07, 6.45) is 0. The number of nitrogens with two attached hydrogens (primary N) is 1. The maximum atomic E-state index is 14.2. The predicted molar refractivity (Wildman–Crippen MR) is 83.1 cm³/mol. The van der Waals surface area contributed by atoms with Gasteiger partial charge in [0.25, 0.3) is 0 Å². The zero-order valence-electron chi connectivity index (χ0n) is 10.5. The number of halogens is 4. The van der Waals surface area contributed by atoms with Gasteiger partial charge in [0.2, 0.25) is 0 Å². The lowest BCUT2D eigenvalue weighted by Crippen LogP contribution is -2.15. The molecule has 0 aliphatic carbocycles. The van der Waals surface area contributed by atoms with Gasteiger partial charge in [0, 0.05) is 20.6 Å². The smallest absolute Gasteiger partial charge is 0.148 e. The van der Waals surface area contributed by atoms with Gasteiger partial charge in [-0.2, -0.15) is 0 Å². The maximum absolute atomic E-state index is 14.2. The molecule has 0 saturated carbocycles. The zero-order valence-corrected chi connectivity index (χ0v) is 13.6. The predicted octanol–water partition coefficient (Wildman–Crippen LogP) is 4.95. The van der Waals surface area contributed by atoms with Gasteiger partial charge in [-0.25, -0.2) is 4.39 Å². The average Bonchev–Trinajstić information content (AvgIpc) is 2.44. The molecule has 1 atom stereocenters. The summed E-state index contributed by atoms with van der Waals surface area (Å²) in [4.78, 5) is 0. The highest BCUT2D eigenvalue weighted by Crippen LogP contribution is 2.35. The molecule has 2 aromatic rings. The van der Waals surface area contributed by atoms with E-state index in [0.717, 1.165) is 0 Å². The van der Waals surface area contributed by atoms with Crippen LogP contribution < -0.4 is 10.5 Å². The number of benzene rings is 2. The molecule has 2 rings (SSSR count). The minimum atomic E-state index is -0.728. The van der Waals surface area contributed by atoms with Crippen LogP contribution in [0.25, 0.3) is 0 Å². The Hall–Kier alpha value is -0.810. The van der Waals surface area contributed by atoms with Crippen molar-refractivity contribution in [3.63, 3.8) is 0 Å². The number of ether oxygens (including phenoxy) is 1. The molecule has 2 nitrogen and oxygen atoms in total. The highest BCUT2D eigenvalue weighted by Gasteiger charge is 2.20. The second kappa shape index (κ2) is 6.31. The zero-order chi connectivity index (χ0) is 14.9. The van der Waals surface area contributed by atoms with Gasteiger partial charge in [0.15, 0.2) is 0 Å². The van der Waals surface area contributed by atoms with E-state index in [4.69, 9.17) is 33.7 Å². The van der Waals surface area contributed by atoms with E-state index in [9.17, 15) is 4.39 Å². The van der Waals surface area contributed by atoms with Crippen LogP contribution in [0.2, 0.25) is 10.0 Å². The molecule has 0 amide bonds. The van der Waals surface area contributed by atoms with Gasteiger partial charge in [0.05, 0.1) is 18.2 Å². The molecule has 2 aromatic carbocycles. The Morgan fingerprint density at radius 2 is 1.90 bits per heavy atom. The van der Waals surface area contributed by atoms with Crippen LogP contribution >= 0.6 is 39.1 Å². The summed E-state index contributed by atoms with van der Waals surface area (Å²) in [5, 5.41) is 0.499. The van der Waals surface area contributed by atoms with Gasteiger partial charge in [-0.15, -0.1) is 0 Å². The number of hydrogen-bond donors (Lipinski definition) is 1. The molecule has 0 aliphatic heterocycles. The number of rotatable bonds is 3. The Morgan fingerprint density at radius 3 is 2.55 bits per heavy atom. The normalized spacial score (nSPS) is 12.3. The summed E-state index contributed by atoms with van der Waals surface area (Å²) >= 11 is 15.0. The molecule has 0 aromatic heterocycles. The van der Waals surface area contributed by atoms with E-state index in [2.05, 4.69) is 15.9 Å². The first-order valence-corrected chi connectivity index (χ1v) is 7.23. The third kappa shape index (κ3) is 2.93. The standard InChI is InChI=1S/C14H11BrCl2FNO/c1-20-11-5-2-7(16)6-9(11)14(19)8-3-4-10(15)12(17)13(8)18/h2-6,14H,19H2,1H3. The van der Waals surface area contributed by atoms with Crippen LogP contribution in [-0.2, 0) is 0 Å². The van der Waals surface area contributed by atoms with Gasteiger partial charge >= 0.3 is 0 Å². The van der Waals surface area contributed by atoms with Crippen molar-refractivity contribution >= 4 is 39.1 Å². The van der Waals surface area contributed by atoms with Gasteiger partial charge in [0.1, 0.15) is 11.6 Å². The molecular formula is C14H11BrCl2FNO. The Balaban J connectivity index is 2.54. The molecular weight excluding hydrogens is 368 g/mol. The lowest BCUT2D eigenvalue weighted by atomic mass is 9.98. The number of hydrogen-bond acceptors (Lipinski definition) is 2. The van der Waals surface area contributed by atoms with Crippen LogP contribution in [0.3, 0.4) is 0 Å². The monoisotopic (exact) mass is 377 g/mol. The minimum absolute atomic E-state index is 0.000977. The molecule has 0 bridgehead atoms. The first-order chi connectivity index (χ1) is 9.45. The highest BCUT2D eigenvalue weighted by molar-refractivity contribution is 9.10. The molecule has 6 heteroatoms. The Labute approximate surface area is 134 Å². The lowest BCUT2D eigenvalue weighted by Gasteiger charge is -2.18. The van der Waals surface area contributed by atoms with Crippen molar-refractivity contribution in [1.82, 2.24) is 0 Å². The van der Waals surface area contributed by atoms with Crippen molar-refractivity contribution in [3.05, 3.63) is 61.8 Å². The van der Waals surface area contributed by atoms with E-state index in [0.29, 0.717) is 20.8 Å². The fraction of sp³-hybridized carbons (Fsp3) is 0.143. The van der Waals surface area contributed by atoms with Crippen molar-refractivity contribution in [1.29, 1.82) is 0 Å². The molecule has 2 N–H and O–H groups in total. The van der Waals surface area contributed by atoms with E-state index < -0.39 is 11.9 Å². The molecule has 20 heavy (non-hydrogen) atoms. The van der Waals surface area contributed by atoms with E-state index in [1.54, 1.807) is 30.3 Å². The Kier molecular flexibility index (Phi) is 4.91. The van der Waals surface area contributed by atoms with Gasteiger partial charge in [-0.3, -0.25) is 0 Å². The van der Waals surface area contributed by atoms with Crippen molar-refractivity contribution in [2.75, 3.05) is 7.11 Å². The topological polar surface area (TPSA) is 35.2 Å². The molecule has 0 heterocycles. The minimum Gasteiger partial charge on any atom is -0.496 e. The van der Waals surface area contributed by atoms with Crippen LogP contribution in [0, 0.1) is 5.82 Å². The van der Waals surface area contributed by atoms with Gasteiger partial charge < -0.3 is 10.5 Å². The first-order valence-electron chi connectivity index (χ1n) is 5.68. The van der Waals surface area contributed by atoms with Crippen LogP contribution in [0.5, 0.6) is 5.75 Å². The summed E-state index contributed by atoms with van der Waals surface area (Å²) in [6.45, 7) is 0. The summed E-state index contributed by atoms with van der Waals surface area (Å²) in [6, 6.07) is 7.53. The summed E-state index contributed by atoms with van der Waals surface area (Å²) in [7, 11) is 1.52. The maximum Gasteiger partial charge on any atom is 0.148 e. The Morgan fingerprint density at radius 1 is 1.20 bits per heavy atom. The van der Waals surface area contributed by atoms with Crippen LogP contribution in [-0.4, -0.2) is 7.11 Å². The number of methoxy groups -OCH3 is 1. The molecule has 0 spiro atoms. The summed E-state index contributed by atoms with van der Waals surface area (Å²) in [5.74, 6) is -0.0177. The van der Waals surface area contributed by atoms with E-state index >= 15 is 0 Å². The van der Waals surface area contributed by atoms with Crippen LogP contribution in [0.4, 0.5) is 4.39 Å². The molecule has 0 fully saturated rings. The first kappa shape index (κ1) is 15.6. The SMILES string of the molecule is COc1ccc(Cl)cc1C(N)c1ccc(Br)c(Cl)c1F. The van der Waals surface area contributed by atoms with Crippen LogP contribution in [0.15, 0.2) is 34.8 Å². The molecule has 0 aliphatic rings. The molecule has 0 saturated heterocycles.